The molecule has 2 aromatic carbocycles. The molecule has 2 amide bonds. The highest BCUT2D eigenvalue weighted by atomic mass is 32.2. The number of benzene rings is 2. The summed E-state index contributed by atoms with van der Waals surface area (Å²) in [5.74, 6) is -2.03. The Morgan fingerprint density at radius 1 is 1.11 bits per heavy atom. The van der Waals surface area contributed by atoms with Crippen LogP contribution in [-0.2, 0) is 6.42 Å². The molecule has 27 heavy (non-hydrogen) atoms. The number of nitrogens with zero attached hydrogens (tertiary/aromatic N) is 1. The molecule has 140 valence electrons. The second-order valence-corrected chi connectivity index (χ2v) is 6.55. The van der Waals surface area contributed by atoms with Crippen molar-refractivity contribution in [1.82, 2.24) is 10.3 Å². The molecule has 2 N–H and O–H groups in total. The van der Waals surface area contributed by atoms with Gasteiger partial charge in [-0.1, -0.05) is 42.1 Å². The van der Waals surface area contributed by atoms with Gasteiger partial charge in [0.15, 0.2) is 0 Å². The van der Waals surface area contributed by atoms with E-state index in [2.05, 4.69) is 15.6 Å². The zero-order valence-corrected chi connectivity index (χ0v) is 15.0. The fraction of sp³-hybridized carbons (Fsp3) is 0.158. The maximum Gasteiger partial charge on any atom is 0.319 e. The lowest BCUT2D eigenvalue weighted by atomic mass is 10.2. The summed E-state index contributed by atoms with van der Waals surface area (Å²) in [7, 11) is 0. The van der Waals surface area contributed by atoms with Gasteiger partial charge in [-0.15, -0.1) is 0 Å². The minimum atomic E-state index is -2.55. The molecule has 0 aliphatic rings. The molecule has 5 nitrogen and oxygen atoms in total. The largest absolute Gasteiger partial charge is 0.444 e. The highest BCUT2D eigenvalue weighted by Gasteiger charge is 2.12. The SMILES string of the molecule is O=C(NCCc1coc(-c2ccccc2)n1)Nc1ccccc1SC(F)F. The standard InChI is InChI=1S/C19H17F2N3O2S/c20-18(21)27-16-9-5-4-8-15(16)24-19(25)22-11-10-14-12-26-17(23-14)13-6-2-1-3-7-13/h1-9,12,18H,10-11H2,(H2,22,24,25). The molecule has 0 fully saturated rings. The van der Waals surface area contributed by atoms with Gasteiger partial charge in [0.25, 0.3) is 5.76 Å². The first-order chi connectivity index (χ1) is 13.1. The van der Waals surface area contributed by atoms with E-state index in [1.807, 2.05) is 30.3 Å². The average molecular weight is 389 g/mol. The van der Waals surface area contributed by atoms with Crippen molar-refractivity contribution in [2.45, 2.75) is 17.1 Å². The van der Waals surface area contributed by atoms with Crippen LogP contribution < -0.4 is 10.6 Å². The van der Waals surface area contributed by atoms with Crippen LogP contribution in [0.3, 0.4) is 0 Å². The van der Waals surface area contributed by atoms with Crippen LogP contribution in [-0.4, -0.2) is 23.3 Å². The first-order valence-electron chi connectivity index (χ1n) is 8.20. The molecule has 3 aromatic rings. The number of halogens is 2. The lowest BCUT2D eigenvalue weighted by Crippen LogP contribution is -2.30. The number of carbonyl (C=O) groups is 1. The van der Waals surface area contributed by atoms with Crippen LogP contribution in [0.5, 0.6) is 0 Å². The van der Waals surface area contributed by atoms with Crippen molar-refractivity contribution >= 4 is 23.5 Å². The topological polar surface area (TPSA) is 67.2 Å². The first-order valence-corrected chi connectivity index (χ1v) is 9.08. The fourth-order valence-corrected chi connectivity index (χ4v) is 2.97. The summed E-state index contributed by atoms with van der Waals surface area (Å²) in [6.07, 6.45) is 2.04. The molecular weight excluding hydrogens is 372 g/mol. The summed E-state index contributed by atoms with van der Waals surface area (Å²) in [4.78, 5) is 16.7. The number of carbonyl (C=O) groups excluding carboxylic acids is 1. The molecule has 1 heterocycles. The predicted octanol–water partition coefficient (Wildman–Crippen LogP) is 5.02. The number of nitrogens with one attached hydrogen (secondary N) is 2. The van der Waals surface area contributed by atoms with E-state index >= 15 is 0 Å². The van der Waals surface area contributed by atoms with Crippen molar-refractivity contribution in [3.63, 3.8) is 0 Å². The minimum Gasteiger partial charge on any atom is -0.444 e. The van der Waals surface area contributed by atoms with Crippen molar-refractivity contribution in [1.29, 1.82) is 0 Å². The van der Waals surface area contributed by atoms with Crippen LogP contribution in [0.4, 0.5) is 19.3 Å². The van der Waals surface area contributed by atoms with Crippen molar-refractivity contribution in [2.75, 3.05) is 11.9 Å². The van der Waals surface area contributed by atoms with Crippen molar-refractivity contribution < 1.29 is 18.0 Å². The predicted molar refractivity (Wildman–Crippen MR) is 101 cm³/mol. The van der Waals surface area contributed by atoms with E-state index < -0.39 is 11.8 Å². The van der Waals surface area contributed by atoms with Gasteiger partial charge in [0.05, 0.1) is 11.4 Å². The normalized spacial score (nSPS) is 10.8. The molecule has 0 unspecified atom stereocenters. The molecule has 0 bridgehead atoms. The van der Waals surface area contributed by atoms with E-state index in [-0.39, 0.29) is 0 Å². The van der Waals surface area contributed by atoms with Crippen LogP contribution >= 0.6 is 11.8 Å². The third-order valence-electron chi connectivity index (χ3n) is 3.59. The summed E-state index contributed by atoms with van der Waals surface area (Å²) in [5.41, 5.74) is 1.93. The Morgan fingerprint density at radius 3 is 2.63 bits per heavy atom. The number of urea groups is 1. The number of para-hydroxylation sites is 1. The van der Waals surface area contributed by atoms with Gasteiger partial charge in [-0.2, -0.15) is 8.78 Å². The Labute approximate surface area is 159 Å². The van der Waals surface area contributed by atoms with Crippen molar-refractivity contribution in [3.8, 4) is 11.5 Å². The number of rotatable bonds is 7. The van der Waals surface area contributed by atoms with E-state index in [0.29, 0.717) is 46.9 Å². The highest BCUT2D eigenvalue weighted by Crippen LogP contribution is 2.31. The van der Waals surface area contributed by atoms with E-state index in [4.69, 9.17) is 4.42 Å². The maximum absolute atomic E-state index is 12.6. The van der Waals surface area contributed by atoms with Crippen LogP contribution in [0.2, 0.25) is 0 Å². The Morgan fingerprint density at radius 2 is 1.85 bits per heavy atom. The first kappa shape index (κ1) is 18.9. The summed E-state index contributed by atoms with van der Waals surface area (Å²) in [6.45, 7) is 0.330. The molecule has 0 aliphatic carbocycles. The smallest absolute Gasteiger partial charge is 0.319 e. The Balaban J connectivity index is 1.50. The van der Waals surface area contributed by atoms with Crippen LogP contribution in [0, 0.1) is 0 Å². The van der Waals surface area contributed by atoms with Gasteiger partial charge in [0, 0.05) is 23.4 Å². The summed E-state index contributed by atoms with van der Waals surface area (Å²) in [5, 5.41) is 5.27. The monoisotopic (exact) mass is 389 g/mol. The molecule has 3 rings (SSSR count). The van der Waals surface area contributed by atoms with E-state index in [9.17, 15) is 13.6 Å². The Bertz CT molecular complexity index is 887. The van der Waals surface area contributed by atoms with Gasteiger partial charge in [-0.05, 0) is 24.3 Å². The molecule has 0 spiro atoms. The third kappa shape index (κ3) is 5.55. The second kappa shape index (κ2) is 9.18. The number of oxazole rings is 1. The molecule has 0 saturated heterocycles. The van der Waals surface area contributed by atoms with Gasteiger partial charge < -0.3 is 15.1 Å². The Hall–Kier alpha value is -2.87. The maximum atomic E-state index is 12.6. The summed E-state index contributed by atoms with van der Waals surface area (Å²) >= 11 is 0.390. The van der Waals surface area contributed by atoms with Gasteiger partial charge in [-0.25, -0.2) is 9.78 Å². The van der Waals surface area contributed by atoms with Gasteiger partial charge >= 0.3 is 6.03 Å². The quantitative estimate of drug-likeness (QED) is 0.557. The van der Waals surface area contributed by atoms with Crippen LogP contribution in [0.1, 0.15) is 5.69 Å². The number of amides is 2. The number of thioether (sulfide) groups is 1. The average Bonchev–Trinajstić information content (AvgIpc) is 3.13. The van der Waals surface area contributed by atoms with Gasteiger partial charge in [0.1, 0.15) is 6.26 Å². The van der Waals surface area contributed by atoms with Crippen molar-refractivity contribution in [3.05, 3.63) is 66.6 Å². The molecular formula is C19H17F2N3O2S. The number of anilines is 1. The summed E-state index contributed by atoms with van der Waals surface area (Å²) < 4.78 is 30.6. The van der Waals surface area contributed by atoms with Crippen LogP contribution in [0.25, 0.3) is 11.5 Å². The number of alkyl halides is 2. The zero-order valence-electron chi connectivity index (χ0n) is 14.2. The molecule has 1 aromatic heterocycles. The highest BCUT2D eigenvalue weighted by molar-refractivity contribution is 7.99. The zero-order chi connectivity index (χ0) is 19.1. The van der Waals surface area contributed by atoms with Crippen molar-refractivity contribution in [2.24, 2.45) is 0 Å². The molecule has 0 saturated carbocycles. The summed E-state index contributed by atoms with van der Waals surface area (Å²) in [6, 6.07) is 15.5. The van der Waals surface area contributed by atoms with Crippen LogP contribution in [0.15, 0.2) is 70.2 Å². The van der Waals surface area contributed by atoms with Gasteiger partial charge in [-0.3, -0.25) is 0 Å². The Kier molecular flexibility index (Phi) is 6.43. The van der Waals surface area contributed by atoms with E-state index in [1.54, 1.807) is 24.5 Å². The number of hydrogen-bond donors (Lipinski definition) is 2. The lowest BCUT2D eigenvalue weighted by Gasteiger charge is -2.11. The van der Waals surface area contributed by atoms with E-state index in [0.717, 1.165) is 5.56 Å². The third-order valence-corrected chi connectivity index (χ3v) is 4.38. The van der Waals surface area contributed by atoms with Gasteiger partial charge in [0.2, 0.25) is 5.89 Å². The fourth-order valence-electron chi connectivity index (χ4n) is 2.37. The number of aromatic nitrogens is 1. The number of hydrogen-bond acceptors (Lipinski definition) is 4. The van der Waals surface area contributed by atoms with E-state index in [1.165, 1.54) is 6.07 Å². The molecule has 8 heteroatoms. The molecule has 0 radical (unpaired) electrons. The second-order valence-electron chi connectivity index (χ2n) is 5.52. The minimum absolute atomic E-state index is 0.312. The molecule has 0 atom stereocenters. The lowest BCUT2D eigenvalue weighted by molar-refractivity contribution is 0.251. The molecule has 0 aliphatic heterocycles.